The van der Waals surface area contributed by atoms with Crippen LogP contribution in [0.3, 0.4) is 0 Å². The first-order chi connectivity index (χ1) is 6.77. The lowest BCUT2D eigenvalue weighted by molar-refractivity contribution is -0.140. The lowest BCUT2D eigenvalue weighted by atomic mass is 9.83. The molecule has 80 valence electrons. The molecule has 2 unspecified atom stereocenters. The second kappa shape index (κ2) is 4.30. The van der Waals surface area contributed by atoms with Gasteiger partial charge in [-0.15, -0.1) is 0 Å². The predicted molar refractivity (Wildman–Crippen MR) is 54.1 cm³/mol. The topological polar surface area (TPSA) is 49.3 Å². The Morgan fingerprint density at radius 1 is 1.07 bits per heavy atom. The van der Waals surface area contributed by atoms with Gasteiger partial charge >= 0.3 is 5.97 Å². The van der Waals surface area contributed by atoms with Crippen molar-refractivity contribution in [1.29, 1.82) is 0 Å². The molecule has 0 aromatic carbocycles. The maximum atomic E-state index is 10.7. The Balaban J connectivity index is 1.80. The summed E-state index contributed by atoms with van der Waals surface area (Å²) in [5, 5.41) is 12.0. The van der Waals surface area contributed by atoms with Gasteiger partial charge in [0.2, 0.25) is 0 Å². The van der Waals surface area contributed by atoms with Crippen molar-refractivity contribution in [2.24, 2.45) is 11.8 Å². The van der Waals surface area contributed by atoms with Crippen molar-refractivity contribution in [3.8, 4) is 0 Å². The third-order valence-electron chi connectivity index (χ3n) is 3.82. The van der Waals surface area contributed by atoms with Crippen molar-refractivity contribution >= 4 is 5.97 Å². The molecular formula is C11H19NO2. The van der Waals surface area contributed by atoms with E-state index in [1.807, 2.05) is 0 Å². The van der Waals surface area contributed by atoms with E-state index in [0.717, 1.165) is 31.2 Å². The van der Waals surface area contributed by atoms with Gasteiger partial charge in [0.25, 0.3) is 0 Å². The van der Waals surface area contributed by atoms with Crippen LogP contribution in [0.25, 0.3) is 0 Å². The average Bonchev–Trinajstić information content (AvgIpc) is 2.71. The first kappa shape index (κ1) is 9.97. The van der Waals surface area contributed by atoms with Gasteiger partial charge in [0, 0.05) is 0 Å². The Kier molecular flexibility index (Phi) is 3.06. The number of aliphatic carboxylic acids is 1. The fraction of sp³-hybridized carbons (Fsp3) is 0.909. The number of carboxylic acid groups (broad SMARTS) is 1. The SMILES string of the molecule is O=C(O)C1CCC(C2CCCC2)CN1. The van der Waals surface area contributed by atoms with E-state index >= 15 is 0 Å². The Morgan fingerprint density at radius 3 is 2.29 bits per heavy atom. The van der Waals surface area contributed by atoms with Gasteiger partial charge in [0.05, 0.1) is 0 Å². The fourth-order valence-electron chi connectivity index (χ4n) is 2.92. The normalized spacial score (nSPS) is 34.6. The van der Waals surface area contributed by atoms with Gasteiger partial charge in [0.1, 0.15) is 6.04 Å². The summed E-state index contributed by atoms with van der Waals surface area (Å²) in [6.45, 7) is 0.918. The van der Waals surface area contributed by atoms with Gasteiger partial charge in [-0.25, -0.2) is 0 Å². The van der Waals surface area contributed by atoms with Crippen molar-refractivity contribution in [2.75, 3.05) is 6.54 Å². The summed E-state index contributed by atoms with van der Waals surface area (Å²) in [4.78, 5) is 10.7. The highest BCUT2D eigenvalue weighted by Crippen LogP contribution is 2.35. The molecule has 3 heteroatoms. The van der Waals surface area contributed by atoms with Crippen LogP contribution in [0.1, 0.15) is 38.5 Å². The molecule has 0 aromatic rings. The predicted octanol–water partition coefficient (Wildman–Crippen LogP) is 1.63. The molecule has 2 rings (SSSR count). The molecule has 0 spiro atoms. The van der Waals surface area contributed by atoms with Gasteiger partial charge in [-0.05, 0) is 31.2 Å². The second-order valence-electron chi connectivity index (χ2n) is 4.68. The lowest BCUT2D eigenvalue weighted by Gasteiger charge is -2.31. The van der Waals surface area contributed by atoms with Gasteiger partial charge in [0.15, 0.2) is 0 Å². The van der Waals surface area contributed by atoms with Crippen molar-refractivity contribution in [1.82, 2.24) is 5.32 Å². The van der Waals surface area contributed by atoms with Gasteiger partial charge < -0.3 is 10.4 Å². The summed E-state index contributed by atoms with van der Waals surface area (Å²) in [5.41, 5.74) is 0. The summed E-state index contributed by atoms with van der Waals surface area (Å²) in [6.07, 6.45) is 7.41. The van der Waals surface area contributed by atoms with Gasteiger partial charge in [-0.2, -0.15) is 0 Å². The Hall–Kier alpha value is -0.570. The van der Waals surface area contributed by atoms with Crippen molar-refractivity contribution in [3.05, 3.63) is 0 Å². The van der Waals surface area contributed by atoms with E-state index in [4.69, 9.17) is 5.11 Å². The largest absolute Gasteiger partial charge is 0.480 e. The van der Waals surface area contributed by atoms with Crippen LogP contribution in [-0.4, -0.2) is 23.7 Å². The molecule has 0 radical (unpaired) electrons. The molecule has 3 nitrogen and oxygen atoms in total. The molecule has 1 heterocycles. The monoisotopic (exact) mass is 197 g/mol. The third-order valence-corrected chi connectivity index (χ3v) is 3.82. The molecule has 1 saturated heterocycles. The first-order valence-electron chi connectivity index (χ1n) is 5.73. The number of hydrogen-bond acceptors (Lipinski definition) is 2. The summed E-state index contributed by atoms with van der Waals surface area (Å²) < 4.78 is 0. The third kappa shape index (κ3) is 2.08. The highest BCUT2D eigenvalue weighted by molar-refractivity contribution is 5.73. The van der Waals surface area contributed by atoms with Crippen LogP contribution >= 0.6 is 0 Å². The molecule has 1 saturated carbocycles. The Bertz CT molecular complexity index is 203. The molecule has 2 fully saturated rings. The maximum Gasteiger partial charge on any atom is 0.320 e. The van der Waals surface area contributed by atoms with Crippen LogP contribution in [0.2, 0.25) is 0 Å². The molecule has 14 heavy (non-hydrogen) atoms. The average molecular weight is 197 g/mol. The molecule has 1 aliphatic heterocycles. The number of hydrogen-bond donors (Lipinski definition) is 2. The summed E-state index contributed by atoms with van der Waals surface area (Å²) >= 11 is 0. The summed E-state index contributed by atoms with van der Waals surface area (Å²) in [6, 6.07) is -0.285. The number of piperidine rings is 1. The van der Waals surface area contributed by atoms with Gasteiger partial charge in [-0.1, -0.05) is 25.7 Å². The summed E-state index contributed by atoms with van der Waals surface area (Å²) in [5.74, 6) is 0.931. The fourth-order valence-corrected chi connectivity index (χ4v) is 2.92. The standard InChI is InChI=1S/C11H19NO2/c13-11(14)10-6-5-9(7-12-10)8-3-1-2-4-8/h8-10,12H,1-7H2,(H,13,14). The zero-order chi connectivity index (χ0) is 9.97. The Labute approximate surface area is 84.9 Å². The van der Waals surface area contributed by atoms with Crippen molar-refractivity contribution in [2.45, 2.75) is 44.6 Å². The molecule has 0 amide bonds. The summed E-state index contributed by atoms with van der Waals surface area (Å²) in [7, 11) is 0. The lowest BCUT2D eigenvalue weighted by Crippen LogP contribution is -2.45. The van der Waals surface area contributed by atoms with Crippen LogP contribution in [0, 0.1) is 11.8 Å². The van der Waals surface area contributed by atoms with Crippen LogP contribution < -0.4 is 5.32 Å². The molecule has 2 atom stereocenters. The maximum absolute atomic E-state index is 10.7. The van der Waals surface area contributed by atoms with Gasteiger partial charge in [-0.3, -0.25) is 4.79 Å². The van der Waals surface area contributed by atoms with Crippen LogP contribution in [0.4, 0.5) is 0 Å². The minimum atomic E-state index is -0.685. The number of carboxylic acids is 1. The van der Waals surface area contributed by atoms with Crippen LogP contribution in [0.15, 0.2) is 0 Å². The smallest absolute Gasteiger partial charge is 0.320 e. The molecular weight excluding hydrogens is 178 g/mol. The van der Waals surface area contributed by atoms with E-state index in [1.54, 1.807) is 0 Å². The Morgan fingerprint density at radius 2 is 1.79 bits per heavy atom. The zero-order valence-electron chi connectivity index (χ0n) is 8.54. The molecule has 2 aliphatic rings. The van der Waals surface area contributed by atoms with Crippen LogP contribution in [0.5, 0.6) is 0 Å². The second-order valence-corrected chi connectivity index (χ2v) is 4.68. The van der Waals surface area contributed by atoms with E-state index in [2.05, 4.69) is 5.32 Å². The molecule has 2 N–H and O–H groups in total. The quantitative estimate of drug-likeness (QED) is 0.707. The van der Waals surface area contributed by atoms with E-state index in [-0.39, 0.29) is 6.04 Å². The number of nitrogens with one attached hydrogen (secondary N) is 1. The van der Waals surface area contributed by atoms with Crippen molar-refractivity contribution in [3.63, 3.8) is 0 Å². The van der Waals surface area contributed by atoms with E-state index in [1.165, 1.54) is 25.7 Å². The first-order valence-corrected chi connectivity index (χ1v) is 5.73. The molecule has 0 bridgehead atoms. The highest BCUT2D eigenvalue weighted by Gasteiger charge is 2.31. The minimum Gasteiger partial charge on any atom is -0.480 e. The van der Waals surface area contributed by atoms with Crippen LogP contribution in [-0.2, 0) is 4.79 Å². The molecule has 0 aromatic heterocycles. The molecule has 1 aliphatic carbocycles. The highest BCUT2D eigenvalue weighted by atomic mass is 16.4. The van der Waals surface area contributed by atoms with Crippen molar-refractivity contribution < 1.29 is 9.90 Å². The number of carbonyl (C=O) groups is 1. The van der Waals surface area contributed by atoms with E-state index < -0.39 is 5.97 Å². The van der Waals surface area contributed by atoms with E-state index in [9.17, 15) is 4.79 Å². The van der Waals surface area contributed by atoms with E-state index in [0.29, 0.717) is 0 Å². The zero-order valence-corrected chi connectivity index (χ0v) is 8.54. The number of rotatable bonds is 2. The minimum absolute atomic E-state index is 0.285.